The first-order chi connectivity index (χ1) is 15.1. The summed E-state index contributed by atoms with van der Waals surface area (Å²) in [7, 11) is 4.58. The molecule has 4 aromatic rings. The number of methoxy groups -OCH3 is 3. The van der Waals surface area contributed by atoms with Crippen LogP contribution >= 0.6 is 23.1 Å². The monoisotopic (exact) mass is 458 g/mol. The van der Waals surface area contributed by atoms with Crippen LogP contribution in [0, 0.1) is 0 Å². The molecule has 0 spiro atoms. The van der Waals surface area contributed by atoms with Crippen molar-refractivity contribution in [2.24, 2.45) is 0 Å². The normalized spacial score (nSPS) is 11.1. The number of hydrogen-bond acceptors (Lipinski definition) is 8. The molecule has 0 unspecified atom stereocenters. The maximum atomic E-state index is 12.7. The number of benzene rings is 1. The van der Waals surface area contributed by atoms with Gasteiger partial charge in [0.15, 0.2) is 11.5 Å². The van der Waals surface area contributed by atoms with E-state index in [0.717, 1.165) is 28.3 Å². The third-order valence-corrected chi connectivity index (χ3v) is 6.61. The summed E-state index contributed by atoms with van der Waals surface area (Å²) >= 11 is 3.02. The number of carbonyl (C=O) groups excluding carboxylic acids is 1. The lowest BCUT2D eigenvalue weighted by molar-refractivity contribution is -0.113. The van der Waals surface area contributed by atoms with E-state index in [1.54, 1.807) is 30.6 Å². The highest BCUT2D eigenvalue weighted by atomic mass is 32.2. The van der Waals surface area contributed by atoms with Gasteiger partial charge in [-0.1, -0.05) is 18.7 Å². The minimum atomic E-state index is -0.191. The maximum absolute atomic E-state index is 12.7. The van der Waals surface area contributed by atoms with Crippen LogP contribution in [0.1, 0.15) is 12.7 Å². The number of hydrogen-bond donors (Lipinski definition) is 1. The van der Waals surface area contributed by atoms with Crippen LogP contribution in [0.5, 0.6) is 17.2 Å². The Morgan fingerprint density at radius 1 is 1.10 bits per heavy atom. The lowest BCUT2D eigenvalue weighted by Gasteiger charge is -2.16. The predicted octanol–water partition coefficient (Wildman–Crippen LogP) is 4.26. The molecular formula is C21H22N4O4S2. The summed E-state index contributed by atoms with van der Waals surface area (Å²) in [6, 6.07) is 7.62. The van der Waals surface area contributed by atoms with Crippen LogP contribution in [0.25, 0.3) is 15.7 Å². The van der Waals surface area contributed by atoms with Gasteiger partial charge in [-0.15, -0.1) is 21.5 Å². The Labute approximate surface area is 187 Å². The number of nitrogens with one attached hydrogen (secondary N) is 1. The summed E-state index contributed by atoms with van der Waals surface area (Å²) in [5, 5.41) is 14.4. The summed E-state index contributed by atoms with van der Waals surface area (Å²) in [5.41, 5.74) is 2.59. The highest BCUT2D eigenvalue weighted by Crippen LogP contribution is 2.42. The molecule has 0 saturated carbocycles. The molecule has 1 N–H and O–H groups in total. The van der Waals surface area contributed by atoms with Crippen LogP contribution in [0.4, 0.5) is 5.69 Å². The number of ether oxygens (including phenoxy) is 3. The first kappa shape index (κ1) is 21.3. The van der Waals surface area contributed by atoms with Crippen LogP contribution < -0.4 is 19.5 Å². The number of aryl methyl sites for hydroxylation is 1. The Bertz CT molecular complexity index is 1250. The van der Waals surface area contributed by atoms with Gasteiger partial charge in [0.25, 0.3) is 0 Å². The van der Waals surface area contributed by atoms with E-state index in [1.165, 1.54) is 30.7 Å². The number of anilines is 1. The van der Waals surface area contributed by atoms with Crippen molar-refractivity contribution >= 4 is 50.4 Å². The van der Waals surface area contributed by atoms with Crippen molar-refractivity contribution < 1.29 is 19.0 Å². The summed E-state index contributed by atoms with van der Waals surface area (Å²) in [5.74, 6) is 2.23. The second kappa shape index (κ2) is 9.03. The molecule has 10 heteroatoms. The first-order valence-electron chi connectivity index (χ1n) is 9.57. The minimum absolute atomic E-state index is 0.173. The van der Waals surface area contributed by atoms with Gasteiger partial charge in [0.1, 0.15) is 10.9 Å². The summed E-state index contributed by atoms with van der Waals surface area (Å²) < 4.78 is 19.4. The number of carbonyl (C=O) groups is 1. The zero-order valence-corrected chi connectivity index (χ0v) is 19.2. The average molecular weight is 459 g/mol. The van der Waals surface area contributed by atoms with Gasteiger partial charge in [-0.25, -0.2) is 0 Å². The maximum Gasteiger partial charge on any atom is 0.234 e. The fourth-order valence-corrected chi connectivity index (χ4v) is 4.95. The Morgan fingerprint density at radius 2 is 1.90 bits per heavy atom. The third kappa shape index (κ3) is 3.88. The second-order valence-corrected chi connectivity index (χ2v) is 8.44. The quantitative estimate of drug-likeness (QED) is 0.395. The zero-order chi connectivity index (χ0) is 22.0. The van der Waals surface area contributed by atoms with Crippen molar-refractivity contribution in [3.8, 4) is 17.2 Å². The molecule has 0 saturated heterocycles. The molecule has 0 bridgehead atoms. The largest absolute Gasteiger partial charge is 0.493 e. The molecular weight excluding hydrogens is 436 g/mol. The molecule has 1 amide bonds. The van der Waals surface area contributed by atoms with Gasteiger partial charge < -0.3 is 19.5 Å². The van der Waals surface area contributed by atoms with Crippen molar-refractivity contribution in [3.05, 3.63) is 35.5 Å². The average Bonchev–Trinajstić information content (AvgIpc) is 3.38. The van der Waals surface area contributed by atoms with Crippen molar-refractivity contribution in [2.45, 2.75) is 18.4 Å². The second-order valence-electron chi connectivity index (χ2n) is 6.53. The van der Waals surface area contributed by atoms with Gasteiger partial charge in [0.2, 0.25) is 11.7 Å². The van der Waals surface area contributed by atoms with Crippen LogP contribution in [-0.4, -0.2) is 47.6 Å². The Morgan fingerprint density at radius 3 is 2.61 bits per heavy atom. The lowest BCUT2D eigenvalue weighted by Crippen LogP contribution is -2.15. The molecule has 0 radical (unpaired) electrons. The SMILES string of the molecule is CCc1nnc(SCC(=O)Nc2ccc(OC)c(OC)c2OC)c2cc3sccc3n12. The topological polar surface area (TPSA) is 87.0 Å². The number of nitrogens with zero attached hydrogens (tertiary/aromatic N) is 3. The van der Waals surface area contributed by atoms with Gasteiger partial charge in [-0.05, 0) is 29.6 Å². The number of thioether (sulfide) groups is 1. The van der Waals surface area contributed by atoms with Crippen molar-refractivity contribution in [2.75, 3.05) is 32.4 Å². The van der Waals surface area contributed by atoms with Crippen molar-refractivity contribution in [1.29, 1.82) is 0 Å². The smallest absolute Gasteiger partial charge is 0.234 e. The summed E-state index contributed by atoms with van der Waals surface area (Å²) in [4.78, 5) is 12.7. The number of fused-ring (bicyclic) bond motifs is 3. The fraction of sp³-hybridized carbons (Fsp3) is 0.286. The van der Waals surface area contributed by atoms with Gasteiger partial charge in [0, 0.05) is 6.42 Å². The molecule has 3 heterocycles. The van der Waals surface area contributed by atoms with Gasteiger partial charge in [-0.3, -0.25) is 9.20 Å². The van der Waals surface area contributed by atoms with Crippen LogP contribution in [0.15, 0.2) is 34.7 Å². The molecule has 31 heavy (non-hydrogen) atoms. The van der Waals surface area contributed by atoms with Crippen LogP contribution in [-0.2, 0) is 11.2 Å². The summed E-state index contributed by atoms with van der Waals surface area (Å²) in [6.45, 7) is 2.05. The molecule has 3 aromatic heterocycles. The lowest BCUT2D eigenvalue weighted by atomic mass is 10.2. The molecule has 0 aliphatic carbocycles. The minimum Gasteiger partial charge on any atom is -0.493 e. The van der Waals surface area contributed by atoms with E-state index in [0.29, 0.717) is 22.9 Å². The molecule has 4 rings (SSSR count). The van der Waals surface area contributed by atoms with E-state index in [1.807, 2.05) is 0 Å². The van der Waals surface area contributed by atoms with Crippen molar-refractivity contribution in [1.82, 2.24) is 14.6 Å². The van der Waals surface area contributed by atoms with Crippen LogP contribution in [0.3, 0.4) is 0 Å². The number of amides is 1. The van der Waals surface area contributed by atoms with E-state index >= 15 is 0 Å². The Kier molecular flexibility index (Phi) is 6.19. The molecule has 1 aromatic carbocycles. The predicted molar refractivity (Wildman–Crippen MR) is 123 cm³/mol. The van der Waals surface area contributed by atoms with E-state index in [2.05, 4.69) is 44.4 Å². The molecule has 0 aliphatic rings. The van der Waals surface area contributed by atoms with E-state index in [9.17, 15) is 4.79 Å². The number of rotatable bonds is 8. The Hall–Kier alpha value is -2.98. The molecule has 0 aliphatic heterocycles. The standard InChI is InChI=1S/C21H22N4O4S2/c1-5-17-23-24-21(14-10-16-13(25(14)17)8-9-30-16)31-11-18(26)22-12-6-7-15(27-2)20(29-4)19(12)28-3/h6-10H,5,11H2,1-4H3,(H,22,26). The van der Waals surface area contributed by atoms with Gasteiger partial charge in [0.05, 0.1) is 48.5 Å². The highest BCUT2D eigenvalue weighted by molar-refractivity contribution is 8.00. The van der Waals surface area contributed by atoms with E-state index < -0.39 is 0 Å². The van der Waals surface area contributed by atoms with E-state index in [-0.39, 0.29) is 11.7 Å². The number of aromatic nitrogens is 3. The van der Waals surface area contributed by atoms with Gasteiger partial charge >= 0.3 is 0 Å². The van der Waals surface area contributed by atoms with E-state index in [4.69, 9.17) is 14.2 Å². The number of thiophene rings is 1. The molecule has 8 nitrogen and oxygen atoms in total. The fourth-order valence-electron chi connectivity index (χ4n) is 3.41. The molecule has 0 atom stereocenters. The van der Waals surface area contributed by atoms with Gasteiger partial charge in [-0.2, -0.15) is 0 Å². The molecule has 0 fully saturated rings. The highest BCUT2D eigenvalue weighted by Gasteiger charge is 2.19. The zero-order valence-electron chi connectivity index (χ0n) is 17.6. The third-order valence-electron chi connectivity index (χ3n) is 4.79. The molecule has 162 valence electrons. The Balaban J connectivity index is 1.55. The van der Waals surface area contributed by atoms with Crippen LogP contribution in [0.2, 0.25) is 0 Å². The van der Waals surface area contributed by atoms with Crippen molar-refractivity contribution in [3.63, 3.8) is 0 Å². The first-order valence-corrected chi connectivity index (χ1v) is 11.4. The summed E-state index contributed by atoms with van der Waals surface area (Å²) in [6.07, 6.45) is 0.771.